The molecule has 2 rings (SSSR count). The molecule has 0 aromatic rings. The van der Waals surface area contributed by atoms with Crippen molar-refractivity contribution in [3.8, 4) is 0 Å². The maximum absolute atomic E-state index is 12.1. The molecule has 2 unspecified atom stereocenters. The molecule has 1 saturated heterocycles. The molecule has 6 heteroatoms. The van der Waals surface area contributed by atoms with Crippen molar-refractivity contribution < 1.29 is 19.4 Å². The molecule has 0 spiro atoms. The maximum Gasteiger partial charge on any atom is 0.410 e. The minimum Gasteiger partial charge on any atom is -0.481 e. The van der Waals surface area contributed by atoms with Crippen LogP contribution in [-0.4, -0.2) is 46.8 Å². The summed E-state index contributed by atoms with van der Waals surface area (Å²) >= 11 is 0. The Hall–Kier alpha value is -1.30. The highest BCUT2D eigenvalue weighted by Crippen LogP contribution is 2.37. The van der Waals surface area contributed by atoms with Crippen LogP contribution in [0.25, 0.3) is 0 Å². The Balaban J connectivity index is 2.03. The number of nitrogens with zero attached hydrogens (tertiary/aromatic N) is 1. The Kier molecular flexibility index (Phi) is 3.95. The second-order valence-corrected chi connectivity index (χ2v) is 6.99. The fourth-order valence-electron chi connectivity index (χ4n) is 3.24. The topological polar surface area (TPSA) is 92.9 Å². The van der Waals surface area contributed by atoms with Gasteiger partial charge in [-0.1, -0.05) is 0 Å². The Morgan fingerprint density at radius 1 is 1.20 bits per heavy atom. The third-order valence-corrected chi connectivity index (χ3v) is 4.17. The molecular formula is C14H24N2O4. The predicted octanol–water partition coefficient (Wildman–Crippen LogP) is 1.29. The SMILES string of the molecule is CC(C)(C)OC(=O)N1CC2CC(C(=O)O)CC(C1)C2N. The number of hydrogen-bond donors (Lipinski definition) is 2. The van der Waals surface area contributed by atoms with Gasteiger partial charge in [-0.25, -0.2) is 4.79 Å². The lowest BCUT2D eigenvalue weighted by molar-refractivity contribution is -0.145. The number of fused-ring (bicyclic) bond motifs is 2. The van der Waals surface area contributed by atoms with Gasteiger partial charge in [-0.05, 0) is 45.4 Å². The van der Waals surface area contributed by atoms with Gasteiger partial charge in [-0.3, -0.25) is 4.79 Å². The lowest BCUT2D eigenvalue weighted by Gasteiger charge is -2.47. The first kappa shape index (κ1) is 15.1. The van der Waals surface area contributed by atoms with Crippen LogP contribution in [-0.2, 0) is 9.53 Å². The largest absolute Gasteiger partial charge is 0.481 e. The molecular weight excluding hydrogens is 260 g/mol. The van der Waals surface area contributed by atoms with Gasteiger partial charge in [0.25, 0.3) is 0 Å². The number of aliphatic carboxylic acids is 1. The summed E-state index contributed by atoms with van der Waals surface area (Å²) in [5.41, 5.74) is 5.65. The van der Waals surface area contributed by atoms with Crippen molar-refractivity contribution in [3.63, 3.8) is 0 Å². The zero-order chi connectivity index (χ0) is 15.1. The van der Waals surface area contributed by atoms with Crippen molar-refractivity contribution in [1.82, 2.24) is 4.90 Å². The predicted molar refractivity (Wildman–Crippen MR) is 73.1 cm³/mol. The van der Waals surface area contributed by atoms with Gasteiger partial charge < -0.3 is 20.5 Å². The van der Waals surface area contributed by atoms with Crippen LogP contribution in [0.5, 0.6) is 0 Å². The number of hydrogen-bond acceptors (Lipinski definition) is 4. The van der Waals surface area contributed by atoms with Gasteiger partial charge >= 0.3 is 12.1 Å². The summed E-state index contributed by atoms with van der Waals surface area (Å²) in [6, 6.07) is -0.00992. The molecule has 114 valence electrons. The second kappa shape index (κ2) is 5.24. The summed E-state index contributed by atoms with van der Waals surface area (Å²) in [4.78, 5) is 24.9. The first-order valence-electron chi connectivity index (χ1n) is 7.13. The number of likely N-dealkylation sites (tertiary alicyclic amines) is 1. The fourth-order valence-corrected chi connectivity index (χ4v) is 3.24. The van der Waals surface area contributed by atoms with Gasteiger partial charge in [-0.15, -0.1) is 0 Å². The average Bonchev–Trinajstić information content (AvgIpc) is 2.25. The average molecular weight is 284 g/mol. The minimum absolute atomic E-state index is 0.00992. The zero-order valence-corrected chi connectivity index (χ0v) is 12.3. The number of carbonyl (C=O) groups excluding carboxylic acids is 1. The van der Waals surface area contributed by atoms with Crippen molar-refractivity contribution in [3.05, 3.63) is 0 Å². The number of ether oxygens (including phenoxy) is 1. The Labute approximate surface area is 119 Å². The van der Waals surface area contributed by atoms with Crippen LogP contribution >= 0.6 is 0 Å². The van der Waals surface area contributed by atoms with Crippen LogP contribution in [0.1, 0.15) is 33.6 Å². The van der Waals surface area contributed by atoms with Gasteiger partial charge in [0.2, 0.25) is 0 Å². The first-order valence-corrected chi connectivity index (χ1v) is 7.13. The summed E-state index contributed by atoms with van der Waals surface area (Å²) in [5.74, 6) is -0.976. The fraction of sp³-hybridized carbons (Fsp3) is 0.857. The summed E-state index contributed by atoms with van der Waals surface area (Å²) in [5, 5.41) is 9.16. The van der Waals surface area contributed by atoms with E-state index in [0.29, 0.717) is 25.9 Å². The number of amides is 1. The van der Waals surface area contributed by atoms with Crippen molar-refractivity contribution in [2.24, 2.45) is 23.5 Å². The number of carboxylic acid groups (broad SMARTS) is 1. The van der Waals surface area contributed by atoms with Crippen molar-refractivity contribution in [2.75, 3.05) is 13.1 Å². The number of carboxylic acids is 1. The van der Waals surface area contributed by atoms with E-state index in [2.05, 4.69) is 0 Å². The molecule has 2 atom stereocenters. The molecule has 1 aliphatic carbocycles. The van der Waals surface area contributed by atoms with Crippen LogP contribution in [0.2, 0.25) is 0 Å². The van der Waals surface area contributed by atoms with Gasteiger partial charge in [0.15, 0.2) is 0 Å². The van der Waals surface area contributed by atoms with Crippen LogP contribution in [0.4, 0.5) is 4.79 Å². The lowest BCUT2D eigenvalue weighted by Crippen LogP contribution is -2.59. The second-order valence-electron chi connectivity index (χ2n) is 6.99. The molecule has 1 saturated carbocycles. The quantitative estimate of drug-likeness (QED) is 0.757. The van der Waals surface area contributed by atoms with Crippen LogP contribution in [0, 0.1) is 17.8 Å². The van der Waals surface area contributed by atoms with E-state index in [-0.39, 0.29) is 29.9 Å². The molecule has 2 fully saturated rings. The maximum atomic E-state index is 12.1. The molecule has 1 amide bonds. The van der Waals surface area contributed by atoms with E-state index in [1.165, 1.54) is 0 Å². The van der Waals surface area contributed by atoms with E-state index in [0.717, 1.165) is 0 Å². The third kappa shape index (κ3) is 3.23. The molecule has 0 radical (unpaired) electrons. The van der Waals surface area contributed by atoms with E-state index in [1.807, 2.05) is 20.8 Å². The minimum atomic E-state index is -0.752. The van der Waals surface area contributed by atoms with Crippen molar-refractivity contribution >= 4 is 12.1 Å². The van der Waals surface area contributed by atoms with Crippen LogP contribution < -0.4 is 5.73 Å². The molecule has 3 N–H and O–H groups in total. The number of nitrogens with two attached hydrogens (primary N) is 1. The molecule has 0 aromatic heterocycles. The highest BCUT2D eigenvalue weighted by atomic mass is 16.6. The Morgan fingerprint density at radius 2 is 1.70 bits per heavy atom. The molecule has 0 aromatic carbocycles. The zero-order valence-electron chi connectivity index (χ0n) is 12.3. The Bertz CT molecular complexity index is 388. The number of carbonyl (C=O) groups is 2. The normalized spacial score (nSPS) is 33.7. The van der Waals surface area contributed by atoms with E-state index in [1.54, 1.807) is 4.90 Å². The van der Waals surface area contributed by atoms with Crippen molar-refractivity contribution in [2.45, 2.75) is 45.3 Å². The monoisotopic (exact) mass is 284 g/mol. The molecule has 2 aliphatic rings. The summed E-state index contributed by atoms with van der Waals surface area (Å²) < 4.78 is 5.38. The highest BCUT2D eigenvalue weighted by Gasteiger charge is 2.44. The third-order valence-electron chi connectivity index (χ3n) is 4.17. The van der Waals surface area contributed by atoms with Crippen LogP contribution in [0.15, 0.2) is 0 Å². The summed E-state index contributed by atoms with van der Waals surface area (Å²) in [7, 11) is 0. The van der Waals surface area contributed by atoms with E-state index in [9.17, 15) is 9.59 Å². The Morgan fingerprint density at radius 3 is 2.10 bits per heavy atom. The smallest absolute Gasteiger partial charge is 0.410 e. The summed E-state index contributed by atoms with van der Waals surface area (Å²) in [6.45, 7) is 6.50. The molecule has 2 bridgehead atoms. The van der Waals surface area contributed by atoms with Gasteiger partial charge in [-0.2, -0.15) is 0 Å². The standard InChI is InChI=1S/C14H24N2O4/c1-14(2,3)20-13(19)16-6-9-4-8(12(17)18)5-10(7-16)11(9)15/h8-11H,4-7,15H2,1-3H3,(H,17,18). The van der Waals surface area contributed by atoms with E-state index in [4.69, 9.17) is 15.6 Å². The van der Waals surface area contributed by atoms with E-state index >= 15 is 0 Å². The molecule has 1 aliphatic heterocycles. The lowest BCUT2D eigenvalue weighted by atomic mass is 9.69. The van der Waals surface area contributed by atoms with Crippen LogP contribution in [0.3, 0.4) is 0 Å². The molecule has 1 heterocycles. The number of rotatable bonds is 1. The summed E-state index contributed by atoms with van der Waals surface area (Å²) in [6.07, 6.45) is 0.770. The molecule has 6 nitrogen and oxygen atoms in total. The van der Waals surface area contributed by atoms with Gasteiger partial charge in [0.1, 0.15) is 5.60 Å². The first-order chi connectivity index (χ1) is 9.17. The van der Waals surface area contributed by atoms with Gasteiger partial charge in [0.05, 0.1) is 5.92 Å². The number of piperidine rings is 1. The van der Waals surface area contributed by atoms with E-state index < -0.39 is 11.6 Å². The highest BCUT2D eigenvalue weighted by molar-refractivity contribution is 5.71. The van der Waals surface area contributed by atoms with Gasteiger partial charge in [0, 0.05) is 19.1 Å². The molecule has 20 heavy (non-hydrogen) atoms. The van der Waals surface area contributed by atoms with Crippen molar-refractivity contribution in [1.29, 1.82) is 0 Å².